The quantitative estimate of drug-likeness (QED) is 0.689. The van der Waals surface area contributed by atoms with E-state index in [0.29, 0.717) is 17.4 Å². The molecule has 2 aliphatic rings. The van der Waals surface area contributed by atoms with E-state index < -0.39 is 0 Å². The zero-order valence-corrected chi connectivity index (χ0v) is 14.3. The molecule has 122 valence electrons. The van der Waals surface area contributed by atoms with Crippen LogP contribution in [0.4, 0.5) is 0 Å². The molecule has 1 aliphatic carbocycles. The fraction of sp³-hybridized carbons (Fsp3) is 0.765. The Balaban J connectivity index is 1.60. The van der Waals surface area contributed by atoms with Crippen molar-refractivity contribution in [2.24, 2.45) is 22.2 Å². The lowest BCUT2D eigenvalue weighted by molar-refractivity contribution is 0.189. The van der Waals surface area contributed by atoms with Crippen molar-refractivity contribution < 1.29 is 0 Å². The van der Waals surface area contributed by atoms with Gasteiger partial charge < -0.3 is 14.8 Å². The molecule has 0 radical (unpaired) electrons. The van der Waals surface area contributed by atoms with Crippen LogP contribution in [0.15, 0.2) is 23.7 Å². The number of piperidine rings is 1. The molecule has 0 bridgehead atoms. The van der Waals surface area contributed by atoms with E-state index >= 15 is 0 Å². The minimum absolute atomic E-state index is 0.479. The maximum absolute atomic E-state index is 4.51. The largest absolute Gasteiger partial charge is 0.356 e. The molecule has 1 aromatic rings. The SMILES string of the molecule is CN=C(NCC1CC1(C)C)N1CCC(C)C(n2ccnc2)C1. The van der Waals surface area contributed by atoms with Crippen LogP contribution in [-0.2, 0) is 0 Å². The van der Waals surface area contributed by atoms with Crippen LogP contribution in [0.1, 0.15) is 39.7 Å². The van der Waals surface area contributed by atoms with Gasteiger partial charge in [0.05, 0.1) is 12.4 Å². The zero-order chi connectivity index (χ0) is 15.7. The van der Waals surface area contributed by atoms with Crippen molar-refractivity contribution in [3.8, 4) is 0 Å². The van der Waals surface area contributed by atoms with Gasteiger partial charge in [-0.25, -0.2) is 4.98 Å². The van der Waals surface area contributed by atoms with Gasteiger partial charge in [0.1, 0.15) is 0 Å². The van der Waals surface area contributed by atoms with Crippen LogP contribution in [0.5, 0.6) is 0 Å². The molecule has 0 aromatic carbocycles. The summed E-state index contributed by atoms with van der Waals surface area (Å²) in [6.45, 7) is 10.2. The number of nitrogens with zero attached hydrogens (tertiary/aromatic N) is 4. The second-order valence-corrected chi connectivity index (χ2v) is 7.61. The Bertz CT molecular complexity index is 519. The van der Waals surface area contributed by atoms with E-state index in [9.17, 15) is 0 Å². The third-order valence-corrected chi connectivity index (χ3v) is 5.56. The summed E-state index contributed by atoms with van der Waals surface area (Å²) in [5.41, 5.74) is 0.515. The highest BCUT2D eigenvalue weighted by molar-refractivity contribution is 5.80. The summed E-state index contributed by atoms with van der Waals surface area (Å²) >= 11 is 0. The second-order valence-electron chi connectivity index (χ2n) is 7.61. The summed E-state index contributed by atoms with van der Waals surface area (Å²) < 4.78 is 2.24. The number of aliphatic imine (C=N–C) groups is 1. The minimum Gasteiger partial charge on any atom is -0.356 e. The van der Waals surface area contributed by atoms with Crippen LogP contribution < -0.4 is 5.32 Å². The summed E-state index contributed by atoms with van der Waals surface area (Å²) in [7, 11) is 1.89. The lowest BCUT2D eigenvalue weighted by Crippen LogP contribution is -2.49. The van der Waals surface area contributed by atoms with Crippen molar-refractivity contribution in [1.29, 1.82) is 0 Å². The molecular weight excluding hydrogens is 274 g/mol. The predicted octanol–water partition coefficient (Wildman–Crippen LogP) is 2.39. The monoisotopic (exact) mass is 303 g/mol. The van der Waals surface area contributed by atoms with E-state index in [4.69, 9.17) is 0 Å². The van der Waals surface area contributed by atoms with Gasteiger partial charge in [-0.1, -0.05) is 20.8 Å². The van der Waals surface area contributed by atoms with Crippen molar-refractivity contribution in [2.75, 3.05) is 26.7 Å². The number of rotatable bonds is 3. The zero-order valence-electron chi connectivity index (χ0n) is 14.3. The molecule has 22 heavy (non-hydrogen) atoms. The molecule has 0 spiro atoms. The number of imidazole rings is 1. The number of hydrogen-bond acceptors (Lipinski definition) is 2. The van der Waals surface area contributed by atoms with E-state index in [0.717, 1.165) is 31.5 Å². The van der Waals surface area contributed by atoms with Crippen molar-refractivity contribution in [1.82, 2.24) is 19.8 Å². The molecule has 5 nitrogen and oxygen atoms in total. The molecule has 1 saturated carbocycles. The van der Waals surface area contributed by atoms with E-state index in [-0.39, 0.29) is 0 Å². The van der Waals surface area contributed by atoms with Crippen LogP contribution in [0.3, 0.4) is 0 Å². The van der Waals surface area contributed by atoms with Gasteiger partial charge in [0.25, 0.3) is 0 Å². The van der Waals surface area contributed by atoms with Gasteiger partial charge in [0, 0.05) is 39.1 Å². The Morgan fingerprint density at radius 3 is 2.82 bits per heavy atom. The van der Waals surface area contributed by atoms with Gasteiger partial charge in [0.2, 0.25) is 0 Å². The number of likely N-dealkylation sites (tertiary alicyclic amines) is 1. The standard InChI is InChI=1S/C17H29N5/c1-13-5-7-21(11-15(13)22-8-6-19-12-22)16(18-4)20-10-14-9-17(14,2)3/h6,8,12-15H,5,7,9-11H2,1-4H3,(H,18,20). The molecule has 1 aromatic heterocycles. The van der Waals surface area contributed by atoms with Crippen molar-refractivity contribution in [2.45, 2.75) is 39.7 Å². The van der Waals surface area contributed by atoms with E-state index in [1.165, 1.54) is 12.8 Å². The van der Waals surface area contributed by atoms with Gasteiger partial charge >= 0.3 is 0 Å². The lowest BCUT2D eigenvalue weighted by atomic mass is 9.93. The minimum atomic E-state index is 0.479. The van der Waals surface area contributed by atoms with Gasteiger partial charge in [-0.05, 0) is 30.1 Å². The maximum Gasteiger partial charge on any atom is 0.193 e. The van der Waals surface area contributed by atoms with Gasteiger partial charge in [-0.2, -0.15) is 0 Å². The second kappa shape index (κ2) is 5.94. The predicted molar refractivity (Wildman–Crippen MR) is 89.9 cm³/mol. The molecule has 0 amide bonds. The number of guanidine groups is 1. The molecule has 3 unspecified atom stereocenters. The van der Waals surface area contributed by atoms with Crippen LogP contribution in [-0.4, -0.2) is 47.1 Å². The Morgan fingerprint density at radius 1 is 1.45 bits per heavy atom. The van der Waals surface area contributed by atoms with Gasteiger partial charge in [-0.15, -0.1) is 0 Å². The van der Waals surface area contributed by atoms with Crippen molar-refractivity contribution >= 4 is 5.96 Å². The average Bonchev–Trinajstić information content (AvgIpc) is 2.92. The summed E-state index contributed by atoms with van der Waals surface area (Å²) in [5.74, 6) is 2.52. The fourth-order valence-corrected chi connectivity index (χ4v) is 3.57. The molecule has 1 aliphatic heterocycles. The van der Waals surface area contributed by atoms with E-state index in [2.05, 4.69) is 51.7 Å². The van der Waals surface area contributed by atoms with Crippen LogP contribution in [0.2, 0.25) is 0 Å². The Labute approximate surface area is 133 Å². The molecule has 1 N–H and O–H groups in total. The number of aromatic nitrogens is 2. The maximum atomic E-state index is 4.51. The Hall–Kier alpha value is -1.52. The molecule has 1 saturated heterocycles. The lowest BCUT2D eigenvalue weighted by Gasteiger charge is -2.39. The van der Waals surface area contributed by atoms with Crippen LogP contribution >= 0.6 is 0 Å². The van der Waals surface area contributed by atoms with Crippen molar-refractivity contribution in [3.05, 3.63) is 18.7 Å². The summed E-state index contributed by atoms with van der Waals surface area (Å²) in [5, 5.41) is 3.59. The highest BCUT2D eigenvalue weighted by Crippen LogP contribution is 2.51. The smallest absolute Gasteiger partial charge is 0.193 e. The normalized spacial score (nSPS) is 31.2. The molecule has 3 rings (SSSR count). The summed E-state index contributed by atoms with van der Waals surface area (Å²) in [4.78, 5) is 11.1. The molecule has 3 atom stereocenters. The summed E-state index contributed by atoms with van der Waals surface area (Å²) in [6.07, 6.45) is 8.40. The number of hydrogen-bond donors (Lipinski definition) is 1. The Kier molecular flexibility index (Phi) is 4.15. The highest BCUT2D eigenvalue weighted by atomic mass is 15.3. The topological polar surface area (TPSA) is 45.5 Å². The van der Waals surface area contributed by atoms with Crippen LogP contribution in [0, 0.1) is 17.3 Å². The first-order valence-corrected chi connectivity index (χ1v) is 8.44. The van der Waals surface area contributed by atoms with Crippen LogP contribution in [0.25, 0.3) is 0 Å². The first-order chi connectivity index (χ1) is 10.5. The molecule has 5 heteroatoms. The molecule has 2 fully saturated rings. The third-order valence-electron chi connectivity index (χ3n) is 5.56. The van der Waals surface area contributed by atoms with E-state index in [1.807, 2.05) is 19.6 Å². The van der Waals surface area contributed by atoms with Crippen molar-refractivity contribution in [3.63, 3.8) is 0 Å². The molecule has 2 heterocycles. The average molecular weight is 303 g/mol. The summed E-state index contributed by atoms with van der Waals surface area (Å²) in [6, 6.07) is 0.479. The first-order valence-electron chi connectivity index (χ1n) is 8.44. The van der Waals surface area contributed by atoms with E-state index in [1.54, 1.807) is 0 Å². The fourth-order valence-electron chi connectivity index (χ4n) is 3.57. The third kappa shape index (κ3) is 3.13. The first kappa shape index (κ1) is 15.4. The van der Waals surface area contributed by atoms with Gasteiger partial charge in [-0.3, -0.25) is 4.99 Å². The number of nitrogens with one attached hydrogen (secondary N) is 1. The Morgan fingerprint density at radius 2 is 2.23 bits per heavy atom. The molecular formula is C17H29N5. The van der Waals surface area contributed by atoms with Gasteiger partial charge in [0.15, 0.2) is 5.96 Å². The highest BCUT2D eigenvalue weighted by Gasteiger charge is 2.45.